The average Bonchev–Trinajstić information content (AvgIpc) is 2.66. The maximum absolute atomic E-state index is 13.9. The predicted molar refractivity (Wildman–Crippen MR) is 120 cm³/mol. The van der Waals surface area contributed by atoms with E-state index in [4.69, 9.17) is 0 Å². The molecule has 0 bridgehead atoms. The van der Waals surface area contributed by atoms with Crippen molar-refractivity contribution in [1.82, 2.24) is 0 Å². The standard InChI is InChI=1S/C26H40O3/c1-5-6-7-8-9-11-14-22(25(28)29)26(15-12-10-13-16-26)24(27)23-20(3)17-19(2)18-21(23)4/h17-18,22H,5-16H2,1-4H3,(H,28,29). The van der Waals surface area contributed by atoms with Crippen LogP contribution in [0.1, 0.15) is 111 Å². The van der Waals surface area contributed by atoms with Crippen LogP contribution < -0.4 is 0 Å². The highest BCUT2D eigenvalue weighted by atomic mass is 16.4. The van der Waals surface area contributed by atoms with Gasteiger partial charge in [-0.15, -0.1) is 0 Å². The summed E-state index contributed by atoms with van der Waals surface area (Å²) in [6, 6.07) is 4.11. The van der Waals surface area contributed by atoms with Crippen LogP contribution in [0.5, 0.6) is 0 Å². The maximum Gasteiger partial charge on any atom is 0.307 e. The molecule has 1 aliphatic carbocycles. The largest absolute Gasteiger partial charge is 0.481 e. The van der Waals surface area contributed by atoms with E-state index in [0.717, 1.165) is 60.8 Å². The molecule has 1 fully saturated rings. The third-order valence-corrected chi connectivity index (χ3v) is 6.91. The second-order valence-corrected chi connectivity index (χ2v) is 9.27. The van der Waals surface area contributed by atoms with E-state index in [1.165, 1.54) is 19.3 Å². The van der Waals surface area contributed by atoms with Crippen LogP contribution in [0.4, 0.5) is 0 Å². The molecule has 1 aliphatic rings. The Morgan fingerprint density at radius 2 is 1.48 bits per heavy atom. The molecule has 0 heterocycles. The molecule has 2 rings (SSSR count). The highest BCUT2D eigenvalue weighted by Crippen LogP contribution is 2.48. The number of Topliss-reactive ketones (excluding diaryl/α,β-unsaturated/α-hetero) is 1. The number of hydrogen-bond donors (Lipinski definition) is 1. The van der Waals surface area contributed by atoms with Gasteiger partial charge < -0.3 is 5.11 Å². The molecular formula is C26H40O3. The summed E-state index contributed by atoms with van der Waals surface area (Å²) in [6.07, 6.45) is 11.9. The van der Waals surface area contributed by atoms with Gasteiger partial charge in [0.1, 0.15) is 0 Å². The number of benzene rings is 1. The van der Waals surface area contributed by atoms with Crippen molar-refractivity contribution in [3.8, 4) is 0 Å². The van der Waals surface area contributed by atoms with Gasteiger partial charge >= 0.3 is 5.97 Å². The Labute approximate surface area is 177 Å². The molecule has 1 atom stereocenters. The molecule has 0 amide bonds. The highest BCUT2D eigenvalue weighted by Gasteiger charge is 2.49. The summed E-state index contributed by atoms with van der Waals surface area (Å²) < 4.78 is 0. The van der Waals surface area contributed by atoms with Crippen LogP contribution in [0.25, 0.3) is 0 Å². The van der Waals surface area contributed by atoms with Crippen molar-refractivity contribution >= 4 is 11.8 Å². The molecule has 162 valence electrons. The number of carboxylic acids is 1. The Morgan fingerprint density at radius 3 is 2.03 bits per heavy atom. The molecule has 0 aromatic heterocycles. The zero-order valence-electron chi connectivity index (χ0n) is 19.0. The van der Waals surface area contributed by atoms with Crippen LogP contribution in [0, 0.1) is 32.1 Å². The summed E-state index contributed by atoms with van der Waals surface area (Å²) in [6.45, 7) is 8.23. The Balaban J connectivity index is 2.29. The zero-order chi connectivity index (χ0) is 21.4. The Kier molecular flexibility index (Phi) is 8.92. The maximum atomic E-state index is 13.9. The van der Waals surface area contributed by atoms with E-state index in [1.807, 2.05) is 20.8 Å². The van der Waals surface area contributed by atoms with Gasteiger partial charge in [-0.25, -0.2) is 0 Å². The quantitative estimate of drug-likeness (QED) is 0.316. The molecule has 1 aromatic carbocycles. The summed E-state index contributed by atoms with van der Waals surface area (Å²) in [7, 11) is 0. The van der Waals surface area contributed by atoms with Crippen LogP contribution in [0.2, 0.25) is 0 Å². The van der Waals surface area contributed by atoms with Crippen molar-refractivity contribution in [2.24, 2.45) is 11.3 Å². The lowest BCUT2D eigenvalue weighted by Crippen LogP contribution is -2.44. The number of aryl methyl sites for hydroxylation is 3. The summed E-state index contributed by atoms with van der Waals surface area (Å²) in [5.41, 5.74) is 3.16. The van der Waals surface area contributed by atoms with Crippen molar-refractivity contribution in [3.05, 3.63) is 34.4 Å². The molecule has 0 aliphatic heterocycles. The van der Waals surface area contributed by atoms with E-state index in [2.05, 4.69) is 19.1 Å². The minimum atomic E-state index is -0.781. The van der Waals surface area contributed by atoms with E-state index in [0.29, 0.717) is 19.3 Å². The van der Waals surface area contributed by atoms with Crippen molar-refractivity contribution in [1.29, 1.82) is 0 Å². The van der Waals surface area contributed by atoms with Crippen LogP contribution >= 0.6 is 0 Å². The fourth-order valence-corrected chi connectivity index (χ4v) is 5.47. The van der Waals surface area contributed by atoms with Gasteiger partial charge in [0.2, 0.25) is 0 Å². The third-order valence-electron chi connectivity index (χ3n) is 6.91. The van der Waals surface area contributed by atoms with Gasteiger partial charge in [-0.2, -0.15) is 0 Å². The molecule has 3 heteroatoms. The highest BCUT2D eigenvalue weighted by molar-refractivity contribution is 6.05. The number of carbonyl (C=O) groups excluding carboxylic acids is 1. The second kappa shape index (κ2) is 10.9. The number of aliphatic carboxylic acids is 1. The molecule has 29 heavy (non-hydrogen) atoms. The van der Waals surface area contributed by atoms with Crippen LogP contribution in [0.15, 0.2) is 12.1 Å². The molecule has 1 aromatic rings. The fourth-order valence-electron chi connectivity index (χ4n) is 5.47. The molecule has 1 saturated carbocycles. The van der Waals surface area contributed by atoms with Crippen molar-refractivity contribution in [2.45, 2.75) is 105 Å². The van der Waals surface area contributed by atoms with E-state index < -0.39 is 17.3 Å². The first-order chi connectivity index (χ1) is 13.8. The second-order valence-electron chi connectivity index (χ2n) is 9.27. The first kappa shape index (κ1) is 23.6. The van der Waals surface area contributed by atoms with Gasteiger partial charge in [0, 0.05) is 11.0 Å². The lowest BCUT2D eigenvalue weighted by molar-refractivity contribution is -0.146. The number of carbonyl (C=O) groups is 2. The molecule has 3 nitrogen and oxygen atoms in total. The van der Waals surface area contributed by atoms with E-state index in [9.17, 15) is 14.7 Å². The van der Waals surface area contributed by atoms with Crippen molar-refractivity contribution in [3.63, 3.8) is 0 Å². The summed E-state index contributed by atoms with van der Waals surface area (Å²) in [5.74, 6) is -1.26. The number of ketones is 1. The van der Waals surface area contributed by atoms with E-state index in [1.54, 1.807) is 0 Å². The minimum Gasteiger partial charge on any atom is -0.481 e. The smallest absolute Gasteiger partial charge is 0.307 e. The summed E-state index contributed by atoms with van der Waals surface area (Å²) >= 11 is 0. The minimum absolute atomic E-state index is 0.0885. The molecule has 1 unspecified atom stereocenters. The van der Waals surface area contributed by atoms with Crippen LogP contribution in [-0.4, -0.2) is 16.9 Å². The monoisotopic (exact) mass is 400 g/mol. The van der Waals surface area contributed by atoms with Crippen LogP contribution in [-0.2, 0) is 4.79 Å². The molecule has 1 N–H and O–H groups in total. The first-order valence-corrected chi connectivity index (χ1v) is 11.7. The zero-order valence-corrected chi connectivity index (χ0v) is 19.0. The Hall–Kier alpha value is -1.64. The SMILES string of the molecule is CCCCCCCCC(C(=O)O)C1(C(=O)c2c(C)cc(C)cc2C)CCCCC1. The topological polar surface area (TPSA) is 54.4 Å². The predicted octanol–water partition coefficient (Wildman–Crippen LogP) is 7.20. The number of hydrogen-bond acceptors (Lipinski definition) is 2. The number of carboxylic acid groups (broad SMARTS) is 1. The van der Waals surface area contributed by atoms with Gasteiger partial charge in [0.25, 0.3) is 0 Å². The third kappa shape index (κ3) is 5.71. The van der Waals surface area contributed by atoms with E-state index in [-0.39, 0.29) is 5.78 Å². The first-order valence-electron chi connectivity index (χ1n) is 11.7. The molecule has 0 radical (unpaired) electrons. The normalized spacial score (nSPS) is 17.1. The fraction of sp³-hybridized carbons (Fsp3) is 0.692. The van der Waals surface area contributed by atoms with Gasteiger partial charge in [-0.1, -0.05) is 82.4 Å². The molecule has 0 saturated heterocycles. The van der Waals surface area contributed by atoms with E-state index >= 15 is 0 Å². The van der Waals surface area contributed by atoms with Crippen molar-refractivity contribution in [2.75, 3.05) is 0 Å². The van der Waals surface area contributed by atoms with Gasteiger partial charge in [0.05, 0.1) is 5.92 Å². The van der Waals surface area contributed by atoms with Gasteiger partial charge in [-0.3, -0.25) is 9.59 Å². The number of unbranched alkanes of at least 4 members (excludes halogenated alkanes) is 5. The Bertz CT molecular complexity index is 675. The number of rotatable bonds is 11. The average molecular weight is 401 g/mol. The Morgan fingerprint density at radius 1 is 0.931 bits per heavy atom. The lowest BCUT2D eigenvalue weighted by Gasteiger charge is -2.41. The summed E-state index contributed by atoms with van der Waals surface area (Å²) in [4.78, 5) is 26.3. The molecular weight excluding hydrogens is 360 g/mol. The lowest BCUT2D eigenvalue weighted by atomic mass is 9.60. The van der Waals surface area contributed by atoms with Gasteiger partial charge in [-0.05, 0) is 51.2 Å². The van der Waals surface area contributed by atoms with Crippen molar-refractivity contribution < 1.29 is 14.7 Å². The molecule has 0 spiro atoms. The van der Waals surface area contributed by atoms with Crippen LogP contribution in [0.3, 0.4) is 0 Å². The van der Waals surface area contributed by atoms with Gasteiger partial charge in [0.15, 0.2) is 5.78 Å². The summed E-state index contributed by atoms with van der Waals surface area (Å²) in [5, 5.41) is 10.2.